The minimum atomic E-state index is -4.52. The summed E-state index contributed by atoms with van der Waals surface area (Å²) in [7, 11) is 1.54. The van der Waals surface area contributed by atoms with Gasteiger partial charge in [0.15, 0.2) is 6.10 Å². The number of rotatable bonds is 6. The zero-order valence-corrected chi connectivity index (χ0v) is 15.1. The zero-order chi connectivity index (χ0) is 20.7. The highest BCUT2D eigenvalue weighted by Gasteiger charge is 2.30. The van der Waals surface area contributed by atoms with Crippen LogP contribution in [-0.4, -0.2) is 25.1 Å². The first-order chi connectivity index (χ1) is 13.2. The smallest absolute Gasteiger partial charge is 0.416 e. The molecule has 2 aromatic rings. The second-order valence-corrected chi connectivity index (χ2v) is 5.75. The third-order valence-electron chi connectivity index (χ3n) is 3.65. The second kappa shape index (κ2) is 9.07. The number of methoxy groups -OCH3 is 1. The molecule has 0 unspecified atom stereocenters. The zero-order valence-electron chi connectivity index (χ0n) is 15.1. The molecule has 0 saturated carbocycles. The van der Waals surface area contributed by atoms with E-state index in [4.69, 9.17) is 9.47 Å². The fraction of sp³-hybridized carbons (Fsp3) is 0.200. The van der Waals surface area contributed by atoms with Gasteiger partial charge in [-0.05, 0) is 48.9 Å². The Bertz CT molecular complexity index is 860. The minimum absolute atomic E-state index is 0.0449. The highest BCUT2D eigenvalue weighted by atomic mass is 19.4. The van der Waals surface area contributed by atoms with Crippen LogP contribution >= 0.6 is 0 Å². The van der Waals surface area contributed by atoms with Crippen LogP contribution < -0.4 is 10.1 Å². The number of carbonyl (C=O) groups excluding carboxylic acids is 2. The van der Waals surface area contributed by atoms with Crippen LogP contribution in [0.5, 0.6) is 5.75 Å². The van der Waals surface area contributed by atoms with E-state index in [2.05, 4.69) is 5.32 Å². The van der Waals surface area contributed by atoms with Crippen LogP contribution in [0.1, 0.15) is 18.1 Å². The van der Waals surface area contributed by atoms with Gasteiger partial charge in [-0.1, -0.05) is 18.2 Å². The summed E-state index contributed by atoms with van der Waals surface area (Å²) in [5.74, 6) is -0.840. The molecule has 2 aromatic carbocycles. The lowest BCUT2D eigenvalue weighted by molar-refractivity contribution is -0.148. The van der Waals surface area contributed by atoms with Crippen molar-refractivity contribution in [3.8, 4) is 5.75 Å². The molecule has 1 amide bonds. The number of esters is 1. The molecule has 0 saturated heterocycles. The van der Waals surface area contributed by atoms with Crippen LogP contribution in [-0.2, 0) is 20.5 Å². The number of alkyl halides is 3. The van der Waals surface area contributed by atoms with Gasteiger partial charge in [-0.25, -0.2) is 4.79 Å². The summed E-state index contributed by atoms with van der Waals surface area (Å²) in [6, 6.07) is 11.1. The summed E-state index contributed by atoms with van der Waals surface area (Å²) >= 11 is 0. The van der Waals surface area contributed by atoms with Gasteiger partial charge >= 0.3 is 12.1 Å². The number of carbonyl (C=O) groups is 2. The Morgan fingerprint density at radius 1 is 1.11 bits per heavy atom. The van der Waals surface area contributed by atoms with Crippen molar-refractivity contribution in [2.45, 2.75) is 19.2 Å². The van der Waals surface area contributed by atoms with Gasteiger partial charge in [0.1, 0.15) is 5.75 Å². The van der Waals surface area contributed by atoms with E-state index in [-0.39, 0.29) is 5.69 Å². The molecule has 5 nitrogen and oxygen atoms in total. The summed E-state index contributed by atoms with van der Waals surface area (Å²) in [6.45, 7) is 1.32. The highest BCUT2D eigenvalue weighted by molar-refractivity contribution is 5.96. The van der Waals surface area contributed by atoms with E-state index in [9.17, 15) is 22.8 Å². The third kappa shape index (κ3) is 6.15. The van der Waals surface area contributed by atoms with Crippen LogP contribution in [0.4, 0.5) is 18.9 Å². The van der Waals surface area contributed by atoms with E-state index in [0.29, 0.717) is 5.75 Å². The lowest BCUT2D eigenvalue weighted by atomic mass is 10.2. The molecule has 0 aliphatic rings. The minimum Gasteiger partial charge on any atom is -0.497 e. The van der Waals surface area contributed by atoms with E-state index in [0.717, 1.165) is 23.8 Å². The fourth-order valence-corrected chi connectivity index (χ4v) is 2.16. The van der Waals surface area contributed by atoms with Crippen LogP contribution in [0.3, 0.4) is 0 Å². The monoisotopic (exact) mass is 393 g/mol. The van der Waals surface area contributed by atoms with Crippen LogP contribution in [0.15, 0.2) is 54.6 Å². The largest absolute Gasteiger partial charge is 0.497 e. The van der Waals surface area contributed by atoms with Crippen LogP contribution in [0.2, 0.25) is 0 Å². The van der Waals surface area contributed by atoms with Gasteiger partial charge in [0, 0.05) is 11.8 Å². The summed E-state index contributed by atoms with van der Waals surface area (Å²) in [6.07, 6.45) is -3.07. The molecule has 0 aliphatic carbocycles. The maximum atomic E-state index is 12.7. The molecule has 0 heterocycles. The molecule has 148 valence electrons. The third-order valence-corrected chi connectivity index (χ3v) is 3.65. The van der Waals surface area contributed by atoms with Gasteiger partial charge < -0.3 is 14.8 Å². The highest BCUT2D eigenvalue weighted by Crippen LogP contribution is 2.30. The SMILES string of the molecule is COc1ccc(/C=C/C(=O)O[C@@H](C)C(=O)Nc2cccc(C(F)(F)F)c2)cc1. The predicted octanol–water partition coefficient (Wildman–Crippen LogP) is 4.30. The Kier molecular flexibility index (Phi) is 6.81. The Labute approximate surface area is 159 Å². The Morgan fingerprint density at radius 2 is 1.79 bits per heavy atom. The first kappa shape index (κ1) is 21.0. The van der Waals surface area contributed by atoms with Crippen LogP contribution in [0.25, 0.3) is 6.08 Å². The molecule has 1 N–H and O–H groups in total. The van der Waals surface area contributed by atoms with Crippen LogP contribution in [0, 0.1) is 0 Å². The van der Waals surface area contributed by atoms with Gasteiger partial charge in [0.05, 0.1) is 12.7 Å². The van der Waals surface area contributed by atoms with Crippen molar-refractivity contribution in [1.82, 2.24) is 0 Å². The topological polar surface area (TPSA) is 64.6 Å². The average Bonchev–Trinajstić information content (AvgIpc) is 2.66. The van der Waals surface area contributed by atoms with Gasteiger partial charge in [0.25, 0.3) is 5.91 Å². The molecule has 0 aromatic heterocycles. The first-order valence-corrected chi connectivity index (χ1v) is 8.20. The van der Waals surface area contributed by atoms with Gasteiger partial charge in [-0.15, -0.1) is 0 Å². The number of hydrogen-bond donors (Lipinski definition) is 1. The number of anilines is 1. The van der Waals surface area contributed by atoms with E-state index in [1.54, 1.807) is 24.3 Å². The van der Waals surface area contributed by atoms with E-state index in [1.165, 1.54) is 32.2 Å². The predicted molar refractivity (Wildman–Crippen MR) is 97.7 cm³/mol. The van der Waals surface area contributed by atoms with Gasteiger partial charge in [-0.3, -0.25) is 4.79 Å². The summed E-state index contributed by atoms with van der Waals surface area (Å²) in [4.78, 5) is 23.9. The molecule has 0 aliphatic heterocycles. The standard InChI is InChI=1S/C20H18F3NO4/c1-13(19(26)24-16-5-3-4-15(12-16)20(21,22)23)28-18(25)11-8-14-6-9-17(27-2)10-7-14/h3-13H,1-2H3,(H,24,26)/b11-8+/t13-/m0/s1. The lowest BCUT2D eigenvalue weighted by Crippen LogP contribution is -2.29. The molecule has 0 fully saturated rings. The van der Waals surface area contributed by atoms with Crippen molar-refractivity contribution < 1.29 is 32.2 Å². The van der Waals surface area contributed by atoms with Crippen molar-refractivity contribution in [2.75, 3.05) is 12.4 Å². The number of ether oxygens (including phenoxy) is 2. The Balaban J connectivity index is 1.92. The number of halogens is 3. The van der Waals surface area contributed by atoms with Crippen molar-refractivity contribution in [2.24, 2.45) is 0 Å². The Morgan fingerprint density at radius 3 is 2.39 bits per heavy atom. The molecule has 0 radical (unpaired) electrons. The molecular weight excluding hydrogens is 375 g/mol. The second-order valence-electron chi connectivity index (χ2n) is 5.75. The van der Waals surface area contributed by atoms with E-state index < -0.39 is 29.7 Å². The number of nitrogens with one attached hydrogen (secondary N) is 1. The summed E-state index contributed by atoms with van der Waals surface area (Å²) < 4.78 is 48.1. The molecule has 1 atom stereocenters. The average molecular weight is 393 g/mol. The number of benzene rings is 2. The first-order valence-electron chi connectivity index (χ1n) is 8.20. The molecule has 28 heavy (non-hydrogen) atoms. The molecule has 2 rings (SSSR count). The maximum absolute atomic E-state index is 12.7. The molecule has 0 spiro atoms. The fourth-order valence-electron chi connectivity index (χ4n) is 2.16. The van der Waals surface area contributed by atoms with Gasteiger partial charge in [-0.2, -0.15) is 13.2 Å². The van der Waals surface area contributed by atoms with Gasteiger partial charge in [0.2, 0.25) is 0 Å². The molecule has 0 bridgehead atoms. The molecule has 8 heteroatoms. The maximum Gasteiger partial charge on any atom is 0.416 e. The van der Waals surface area contributed by atoms with Crippen molar-refractivity contribution in [1.29, 1.82) is 0 Å². The lowest BCUT2D eigenvalue weighted by Gasteiger charge is -2.13. The van der Waals surface area contributed by atoms with E-state index >= 15 is 0 Å². The number of hydrogen-bond acceptors (Lipinski definition) is 4. The molecular formula is C20H18F3NO4. The quantitative estimate of drug-likeness (QED) is 0.587. The summed E-state index contributed by atoms with van der Waals surface area (Å²) in [5, 5.41) is 2.29. The number of amides is 1. The Hall–Kier alpha value is -3.29. The normalized spacial score (nSPS) is 12.5. The van der Waals surface area contributed by atoms with Crippen molar-refractivity contribution in [3.05, 3.63) is 65.7 Å². The summed E-state index contributed by atoms with van der Waals surface area (Å²) in [5.41, 5.74) is -0.215. The van der Waals surface area contributed by atoms with E-state index in [1.807, 2.05) is 0 Å². The van der Waals surface area contributed by atoms with Crippen molar-refractivity contribution in [3.63, 3.8) is 0 Å². The van der Waals surface area contributed by atoms with Crippen molar-refractivity contribution >= 4 is 23.6 Å².